The Balaban J connectivity index is 1.99. The van der Waals surface area contributed by atoms with Crippen molar-refractivity contribution in [3.63, 3.8) is 0 Å². The largest absolute Gasteiger partial charge is 0.507 e. The van der Waals surface area contributed by atoms with Gasteiger partial charge in [-0.15, -0.1) is 0 Å². The molecule has 0 spiro atoms. The summed E-state index contributed by atoms with van der Waals surface area (Å²) in [5, 5.41) is 25.0. The molecule has 4 rings (SSSR count). The van der Waals surface area contributed by atoms with E-state index in [0.717, 1.165) is 17.0 Å². The third kappa shape index (κ3) is 3.52. The van der Waals surface area contributed by atoms with Crippen LogP contribution in [0.25, 0.3) is 5.76 Å². The van der Waals surface area contributed by atoms with E-state index in [1.165, 1.54) is 37.4 Å². The van der Waals surface area contributed by atoms with Crippen LogP contribution in [0.3, 0.4) is 0 Å². The molecule has 1 amide bonds. The fourth-order valence-corrected chi connectivity index (χ4v) is 3.98. The summed E-state index contributed by atoms with van der Waals surface area (Å²) in [6, 6.07) is 8.12. The van der Waals surface area contributed by atoms with Crippen LogP contribution in [0.5, 0.6) is 11.5 Å². The summed E-state index contributed by atoms with van der Waals surface area (Å²) in [7, 11) is 1.35. The molecule has 0 saturated carbocycles. The van der Waals surface area contributed by atoms with Crippen LogP contribution in [-0.4, -0.2) is 34.2 Å². The molecule has 1 aliphatic heterocycles. The lowest BCUT2D eigenvalue weighted by atomic mass is 9.95. The summed E-state index contributed by atoms with van der Waals surface area (Å²) in [6.07, 6.45) is 0. The normalized spacial score (nSPS) is 17.8. The van der Waals surface area contributed by atoms with Gasteiger partial charge < -0.3 is 19.5 Å². The molecule has 0 unspecified atom stereocenters. The number of anilines is 1. The van der Waals surface area contributed by atoms with Gasteiger partial charge in [-0.2, -0.15) is 0 Å². The molecule has 164 valence electrons. The standard InChI is InChI=1S/C22H16BrFN2O6/c1-10-7-16(25-32-10)26-18(12-8-14(23)20(28)15(9-12)31-2)17(21(29)22(26)30)19(27)11-3-5-13(24)6-4-11/h3-9,18,27-28H,1-2H3/t18-/m0/s1. The highest BCUT2D eigenvalue weighted by atomic mass is 79.9. The number of aromatic nitrogens is 1. The van der Waals surface area contributed by atoms with Crippen molar-refractivity contribution in [2.45, 2.75) is 13.0 Å². The van der Waals surface area contributed by atoms with Gasteiger partial charge >= 0.3 is 5.91 Å². The summed E-state index contributed by atoms with van der Waals surface area (Å²) >= 11 is 3.23. The zero-order valence-electron chi connectivity index (χ0n) is 16.8. The fraction of sp³-hybridized carbons (Fsp3) is 0.136. The SMILES string of the molecule is COc1cc([C@H]2C(=C(O)c3ccc(F)cc3)C(=O)C(=O)N2c2cc(C)on2)cc(Br)c1O. The van der Waals surface area contributed by atoms with Gasteiger partial charge in [0.25, 0.3) is 5.78 Å². The lowest BCUT2D eigenvalue weighted by Gasteiger charge is -2.23. The molecule has 1 saturated heterocycles. The Morgan fingerprint density at radius 3 is 2.50 bits per heavy atom. The van der Waals surface area contributed by atoms with Crippen LogP contribution in [0.2, 0.25) is 0 Å². The second-order valence-corrected chi connectivity index (χ2v) is 7.88. The van der Waals surface area contributed by atoms with Gasteiger partial charge in [0.05, 0.1) is 23.2 Å². The van der Waals surface area contributed by atoms with E-state index in [0.29, 0.717) is 11.3 Å². The molecular formula is C22H16BrFN2O6. The van der Waals surface area contributed by atoms with E-state index in [1.807, 2.05) is 0 Å². The first kappa shape index (κ1) is 21.6. The van der Waals surface area contributed by atoms with Gasteiger partial charge in [0.15, 0.2) is 17.3 Å². The molecule has 8 nitrogen and oxygen atoms in total. The minimum atomic E-state index is -1.13. The Morgan fingerprint density at radius 1 is 1.22 bits per heavy atom. The number of carbonyl (C=O) groups excluding carboxylic acids is 2. The molecule has 2 heterocycles. The molecule has 1 aliphatic rings. The van der Waals surface area contributed by atoms with Crippen molar-refractivity contribution in [1.29, 1.82) is 0 Å². The number of hydrogen-bond acceptors (Lipinski definition) is 7. The highest BCUT2D eigenvalue weighted by molar-refractivity contribution is 9.10. The number of aromatic hydroxyl groups is 1. The first-order valence-corrected chi connectivity index (χ1v) is 10.1. The number of ether oxygens (including phenoxy) is 1. The molecule has 0 aliphatic carbocycles. The summed E-state index contributed by atoms with van der Waals surface area (Å²) < 4.78 is 23.9. The Kier molecular flexibility index (Phi) is 5.47. The molecule has 32 heavy (non-hydrogen) atoms. The predicted molar refractivity (Wildman–Crippen MR) is 115 cm³/mol. The number of carbonyl (C=O) groups is 2. The second-order valence-electron chi connectivity index (χ2n) is 7.03. The number of aliphatic hydroxyl groups excluding tert-OH is 1. The number of aliphatic hydroxyl groups is 1. The number of aryl methyl sites for hydroxylation is 1. The van der Waals surface area contributed by atoms with Gasteiger partial charge in [-0.25, -0.2) is 4.39 Å². The number of rotatable bonds is 4. The fourth-order valence-electron chi connectivity index (χ4n) is 3.52. The van der Waals surface area contributed by atoms with Crippen LogP contribution in [0.15, 0.2) is 57.0 Å². The second kappa shape index (κ2) is 8.12. The minimum absolute atomic E-state index is 0.0657. The van der Waals surface area contributed by atoms with Crippen LogP contribution in [0.4, 0.5) is 10.2 Å². The van der Waals surface area contributed by atoms with Gasteiger partial charge in [-0.05, 0) is 64.8 Å². The molecule has 1 aromatic heterocycles. The number of halogens is 2. The van der Waals surface area contributed by atoms with Crippen LogP contribution in [0.1, 0.15) is 22.9 Å². The number of Topliss-reactive ketones (excluding diaryl/α,β-unsaturated/α-hetero) is 1. The molecule has 0 bridgehead atoms. The van der Waals surface area contributed by atoms with Crippen LogP contribution < -0.4 is 9.64 Å². The smallest absolute Gasteiger partial charge is 0.301 e. The molecule has 2 aromatic carbocycles. The van der Waals surface area contributed by atoms with Crippen molar-refractivity contribution in [2.75, 3.05) is 12.0 Å². The van der Waals surface area contributed by atoms with Gasteiger partial charge in [0, 0.05) is 11.6 Å². The number of ketones is 1. The number of phenolic OH excluding ortho intramolecular Hbond substituents is 1. The van der Waals surface area contributed by atoms with Crippen molar-refractivity contribution in [3.05, 3.63) is 75.2 Å². The van der Waals surface area contributed by atoms with E-state index >= 15 is 0 Å². The molecular weight excluding hydrogens is 487 g/mol. The lowest BCUT2D eigenvalue weighted by Crippen LogP contribution is -2.29. The highest BCUT2D eigenvalue weighted by Gasteiger charge is 2.48. The van der Waals surface area contributed by atoms with Crippen molar-refractivity contribution in [2.24, 2.45) is 0 Å². The van der Waals surface area contributed by atoms with Crippen LogP contribution in [0, 0.1) is 12.7 Å². The molecule has 3 aromatic rings. The molecule has 0 radical (unpaired) electrons. The third-order valence-corrected chi connectivity index (χ3v) is 5.62. The molecule has 10 heteroatoms. The number of amides is 1. The lowest BCUT2D eigenvalue weighted by molar-refractivity contribution is -0.132. The van der Waals surface area contributed by atoms with Gasteiger partial charge in [-0.3, -0.25) is 14.5 Å². The predicted octanol–water partition coefficient (Wildman–Crippen LogP) is 4.23. The molecule has 1 fully saturated rings. The Bertz CT molecular complexity index is 1270. The Hall–Kier alpha value is -3.66. The van der Waals surface area contributed by atoms with Crippen LogP contribution >= 0.6 is 15.9 Å². The average Bonchev–Trinajstić information content (AvgIpc) is 3.31. The maximum absolute atomic E-state index is 13.4. The highest BCUT2D eigenvalue weighted by Crippen LogP contribution is 2.45. The van der Waals surface area contributed by atoms with Gasteiger partial charge in [-0.1, -0.05) is 5.16 Å². The summed E-state index contributed by atoms with van der Waals surface area (Å²) in [4.78, 5) is 27.1. The van der Waals surface area contributed by atoms with E-state index < -0.39 is 29.3 Å². The Morgan fingerprint density at radius 2 is 1.91 bits per heavy atom. The average molecular weight is 503 g/mol. The summed E-state index contributed by atoms with van der Waals surface area (Å²) in [5.74, 6) is -2.53. The van der Waals surface area contributed by atoms with E-state index in [2.05, 4.69) is 21.1 Å². The molecule has 2 N–H and O–H groups in total. The first-order chi connectivity index (χ1) is 15.2. The van der Waals surface area contributed by atoms with E-state index in [4.69, 9.17) is 9.26 Å². The third-order valence-electron chi connectivity index (χ3n) is 5.01. The minimum Gasteiger partial charge on any atom is -0.507 e. The molecule has 1 atom stereocenters. The summed E-state index contributed by atoms with van der Waals surface area (Å²) in [6.45, 7) is 1.63. The van der Waals surface area contributed by atoms with Crippen molar-refractivity contribution < 1.29 is 33.5 Å². The first-order valence-electron chi connectivity index (χ1n) is 9.29. The van der Waals surface area contributed by atoms with E-state index in [-0.39, 0.29) is 32.9 Å². The zero-order valence-corrected chi connectivity index (χ0v) is 18.4. The van der Waals surface area contributed by atoms with E-state index in [9.17, 15) is 24.2 Å². The number of methoxy groups -OCH3 is 1. The zero-order chi connectivity index (χ0) is 23.2. The number of hydrogen-bond donors (Lipinski definition) is 2. The quantitative estimate of drug-likeness (QED) is 0.311. The van der Waals surface area contributed by atoms with Crippen LogP contribution in [-0.2, 0) is 9.59 Å². The monoisotopic (exact) mass is 502 g/mol. The maximum Gasteiger partial charge on any atom is 0.301 e. The summed E-state index contributed by atoms with van der Waals surface area (Å²) in [5.41, 5.74) is 0.257. The number of benzene rings is 2. The van der Waals surface area contributed by atoms with Gasteiger partial charge in [0.2, 0.25) is 0 Å². The Labute approximate surface area is 189 Å². The maximum atomic E-state index is 13.4. The van der Waals surface area contributed by atoms with Crippen molar-refractivity contribution in [1.82, 2.24) is 5.16 Å². The number of nitrogens with zero attached hydrogens (tertiary/aromatic N) is 2. The number of phenols is 1. The van der Waals surface area contributed by atoms with Gasteiger partial charge in [0.1, 0.15) is 17.3 Å². The van der Waals surface area contributed by atoms with Crippen molar-refractivity contribution in [3.8, 4) is 11.5 Å². The van der Waals surface area contributed by atoms with E-state index in [1.54, 1.807) is 6.92 Å². The topological polar surface area (TPSA) is 113 Å². The van der Waals surface area contributed by atoms with Crippen molar-refractivity contribution >= 4 is 39.2 Å².